The van der Waals surface area contributed by atoms with Gasteiger partial charge in [-0.3, -0.25) is 0 Å². The molecule has 90 valence electrons. The van der Waals surface area contributed by atoms with E-state index in [1.807, 2.05) is 0 Å². The maximum atomic E-state index is 9.61. The smallest absolute Gasteiger partial charge is 0.132 e. The monoisotopic (exact) mass is 238 g/mol. The predicted octanol–water partition coefficient (Wildman–Crippen LogP) is -1.07. The number of aliphatic hydroxyl groups excluding tert-OH is 4. The van der Waals surface area contributed by atoms with Crippen molar-refractivity contribution >= 4 is 11.8 Å². The van der Waals surface area contributed by atoms with E-state index in [-0.39, 0.29) is 6.42 Å². The Labute approximate surface area is 93.1 Å². The number of ether oxygens (including phenoxy) is 1. The molecule has 15 heavy (non-hydrogen) atoms. The molecule has 6 atom stereocenters. The van der Waals surface area contributed by atoms with Crippen molar-refractivity contribution < 1.29 is 25.2 Å². The summed E-state index contributed by atoms with van der Waals surface area (Å²) in [4.78, 5) is 0. The average molecular weight is 238 g/mol. The molecule has 0 unspecified atom stereocenters. The number of aliphatic hydroxyl groups is 4. The second-order valence-electron chi connectivity index (χ2n) is 3.84. The van der Waals surface area contributed by atoms with Crippen molar-refractivity contribution in [1.82, 2.24) is 0 Å². The highest BCUT2D eigenvalue weighted by Gasteiger charge is 2.43. The molecule has 5 nitrogen and oxygen atoms in total. The number of rotatable bonds is 3. The van der Waals surface area contributed by atoms with Crippen molar-refractivity contribution in [3.8, 4) is 0 Å². The molecule has 0 radical (unpaired) electrons. The standard InChI is InChI=1S/C9H18O5S/c1-4(10)3-5-6(11)7(12)8(13)9(14-5)15-2/h4-13H,3H2,1-2H3/t4-,5+,6-,7-,8+,9+/m0/s1. The lowest BCUT2D eigenvalue weighted by molar-refractivity contribution is -0.203. The molecule has 0 spiro atoms. The van der Waals surface area contributed by atoms with E-state index in [0.29, 0.717) is 0 Å². The van der Waals surface area contributed by atoms with Gasteiger partial charge in [-0.05, 0) is 13.2 Å². The summed E-state index contributed by atoms with van der Waals surface area (Å²) in [5.41, 5.74) is -0.563. The largest absolute Gasteiger partial charge is 0.393 e. The van der Waals surface area contributed by atoms with E-state index in [1.54, 1.807) is 13.2 Å². The summed E-state index contributed by atoms with van der Waals surface area (Å²) in [5, 5.41) is 37.9. The molecule has 0 bridgehead atoms. The average Bonchev–Trinajstić information content (AvgIpc) is 2.18. The summed E-state index contributed by atoms with van der Waals surface area (Å²) in [6, 6.07) is 0. The Kier molecular flexibility index (Phi) is 4.82. The first-order valence-electron chi connectivity index (χ1n) is 4.88. The molecule has 1 rings (SSSR count). The molecular weight excluding hydrogens is 220 g/mol. The molecule has 0 aromatic heterocycles. The zero-order valence-corrected chi connectivity index (χ0v) is 9.59. The Morgan fingerprint density at radius 3 is 2.27 bits per heavy atom. The lowest BCUT2D eigenvalue weighted by Crippen LogP contribution is -2.56. The van der Waals surface area contributed by atoms with Crippen LogP contribution < -0.4 is 0 Å². The van der Waals surface area contributed by atoms with E-state index in [2.05, 4.69) is 0 Å². The fraction of sp³-hybridized carbons (Fsp3) is 1.00. The van der Waals surface area contributed by atoms with Crippen molar-refractivity contribution in [2.24, 2.45) is 0 Å². The van der Waals surface area contributed by atoms with E-state index < -0.39 is 36.0 Å². The van der Waals surface area contributed by atoms with Crippen LogP contribution >= 0.6 is 11.8 Å². The van der Waals surface area contributed by atoms with Crippen LogP contribution in [0.25, 0.3) is 0 Å². The molecule has 1 fully saturated rings. The highest BCUT2D eigenvalue weighted by atomic mass is 32.2. The van der Waals surface area contributed by atoms with Gasteiger partial charge in [-0.1, -0.05) is 0 Å². The second-order valence-corrected chi connectivity index (χ2v) is 4.77. The zero-order valence-electron chi connectivity index (χ0n) is 8.78. The van der Waals surface area contributed by atoms with Crippen molar-refractivity contribution in [2.75, 3.05) is 6.26 Å². The number of hydrogen-bond acceptors (Lipinski definition) is 6. The molecule has 0 amide bonds. The van der Waals surface area contributed by atoms with Gasteiger partial charge in [0.15, 0.2) is 0 Å². The molecule has 1 aliphatic heterocycles. The summed E-state index contributed by atoms with van der Waals surface area (Å²) in [6.45, 7) is 1.58. The molecular formula is C9H18O5S. The first kappa shape index (κ1) is 13.2. The maximum absolute atomic E-state index is 9.61. The number of thioether (sulfide) groups is 1. The van der Waals surface area contributed by atoms with Gasteiger partial charge in [-0.15, -0.1) is 11.8 Å². The summed E-state index contributed by atoms with van der Waals surface area (Å²) in [7, 11) is 0. The van der Waals surface area contributed by atoms with Crippen LogP contribution in [0.3, 0.4) is 0 Å². The molecule has 0 aliphatic carbocycles. The minimum absolute atomic E-state index is 0.238. The molecule has 4 N–H and O–H groups in total. The van der Waals surface area contributed by atoms with Crippen LogP contribution in [0.2, 0.25) is 0 Å². The topological polar surface area (TPSA) is 90.2 Å². The Morgan fingerprint density at radius 1 is 1.20 bits per heavy atom. The van der Waals surface area contributed by atoms with Gasteiger partial charge < -0.3 is 25.2 Å². The van der Waals surface area contributed by atoms with Crippen molar-refractivity contribution in [3.05, 3.63) is 0 Å². The quantitative estimate of drug-likeness (QED) is 0.500. The first-order valence-corrected chi connectivity index (χ1v) is 6.16. The van der Waals surface area contributed by atoms with Gasteiger partial charge in [0, 0.05) is 6.42 Å². The molecule has 1 aliphatic rings. The molecule has 1 saturated heterocycles. The van der Waals surface area contributed by atoms with Gasteiger partial charge in [0.1, 0.15) is 23.7 Å². The van der Waals surface area contributed by atoms with Gasteiger partial charge in [0.05, 0.1) is 12.2 Å². The van der Waals surface area contributed by atoms with E-state index in [4.69, 9.17) is 4.74 Å². The fourth-order valence-corrected chi connectivity index (χ4v) is 2.34. The fourth-order valence-electron chi connectivity index (χ4n) is 1.64. The third-order valence-electron chi connectivity index (χ3n) is 2.47. The summed E-state index contributed by atoms with van der Waals surface area (Å²) >= 11 is 1.27. The summed E-state index contributed by atoms with van der Waals surface area (Å²) in [6.07, 6.45) is -2.74. The Morgan fingerprint density at radius 2 is 1.80 bits per heavy atom. The van der Waals surface area contributed by atoms with Crippen LogP contribution in [-0.4, -0.2) is 62.6 Å². The normalized spacial score (nSPS) is 44.0. The van der Waals surface area contributed by atoms with Crippen LogP contribution in [-0.2, 0) is 4.74 Å². The lowest BCUT2D eigenvalue weighted by atomic mass is 9.96. The van der Waals surface area contributed by atoms with Gasteiger partial charge in [0.25, 0.3) is 0 Å². The molecule has 0 aromatic rings. The van der Waals surface area contributed by atoms with Crippen LogP contribution in [0.15, 0.2) is 0 Å². The van der Waals surface area contributed by atoms with E-state index in [0.717, 1.165) is 0 Å². The van der Waals surface area contributed by atoms with E-state index in [1.165, 1.54) is 11.8 Å². The SMILES string of the molecule is CS[C@H]1O[C@H](C[C@H](C)O)[C@H](O)[C@H](O)[C@H]1O. The second kappa shape index (κ2) is 5.47. The van der Waals surface area contributed by atoms with Crippen LogP contribution in [0.5, 0.6) is 0 Å². The molecule has 6 heteroatoms. The Bertz CT molecular complexity index is 199. The van der Waals surface area contributed by atoms with Crippen LogP contribution in [0.1, 0.15) is 13.3 Å². The maximum Gasteiger partial charge on any atom is 0.132 e. The highest BCUT2D eigenvalue weighted by Crippen LogP contribution is 2.28. The molecule has 0 aromatic carbocycles. The van der Waals surface area contributed by atoms with Gasteiger partial charge in [0.2, 0.25) is 0 Å². The summed E-state index contributed by atoms with van der Waals surface area (Å²) in [5.74, 6) is 0. The van der Waals surface area contributed by atoms with Gasteiger partial charge in [-0.2, -0.15) is 0 Å². The molecule has 1 heterocycles. The third kappa shape index (κ3) is 3.05. The first-order chi connectivity index (χ1) is 6.97. The van der Waals surface area contributed by atoms with Gasteiger partial charge >= 0.3 is 0 Å². The van der Waals surface area contributed by atoms with Crippen molar-refractivity contribution in [1.29, 1.82) is 0 Å². The van der Waals surface area contributed by atoms with Crippen molar-refractivity contribution in [2.45, 2.75) is 49.3 Å². The van der Waals surface area contributed by atoms with E-state index >= 15 is 0 Å². The lowest BCUT2D eigenvalue weighted by Gasteiger charge is -2.40. The summed E-state index contributed by atoms with van der Waals surface area (Å²) < 4.78 is 5.38. The van der Waals surface area contributed by atoms with Gasteiger partial charge in [-0.25, -0.2) is 0 Å². The van der Waals surface area contributed by atoms with Crippen LogP contribution in [0.4, 0.5) is 0 Å². The van der Waals surface area contributed by atoms with Crippen molar-refractivity contribution in [3.63, 3.8) is 0 Å². The third-order valence-corrected chi connectivity index (χ3v) is 3.33. The van der Waals surface area contributed by atoms with Crippen LogP contribution in [0, 0.1) is 0 Å². The molecule has 0 saturated carbocycles. The highest BCUT2D eigenvalue weighted by molar-refractivity contribution is 7.99. The Hall–Kier alpha value is 0.150. The minimum atomic E-state index is -1.22. The predicted molar refractivity (Wildman–Crippen MR) is 56.5 cm³/mol. The zero-order chi connectivity index (χ0) is 11.6. The minimum Gasteiger partial charge on any atom is -0.393 e. The van der Waals surface area contributed by atoms with E-state index in [9.17, 15) is 20.4 Å². The Balaban J connectivity index is 2.65. The number of hydrogen-bond donors (Lipinski definition) is 4.